The number of halogens is 1. The van der Waals surface area contributed by atoms with Crippen molar-refractivity contribution in [2.45, 2.75) is 32.4 Å². The Labute approximate surface area is 122 Å². The van der Waals surface area contributed by atoms with Crippen LogP contribution in [-0.2, 0) is 16.2 Å². The van der Waals surface area contributed by atoms with Gasteiger partial charge in [-0.2, -0.15) is 0 Å². The van der Waals surface area contributed by atoms with Crippen molar-refractivity contribution in [1.82, 2.24) is 9.55 Å². The molecule has 1 heterocycles. The molecule has 0 saturated carbocycles. The van der Waals surface area contributed by atoms with Gasteiger partial charge in [0.25, 0.3) is 0 Å². The predicted molar refractivity (Wildman–Crippen MR) is 80.4 cm³/mol. The highest BCUT2D eigenvalue weighted by atomic mass is 127. The van der Waals surface area contributed by atoms with Gasteiger partial charge in [-0.25, -0.2) is 9.78 Å². The zero-order valence-electron chi connectivity index (χ0n) is 11.2. The molecule has 0 fully saturated rings. The third kappa shape index (κ3) is 5.07. The Bertz CT molecular complexity index is 415. The molecule has 0 N–H and O–H groups in total. The van der Waals surface area contributed by atoms with Gasteiger partial charge in [0, 0.05) is 43.5 Å². The number of carbonyl (C=O) groups is 1. The molecule has 0 amide bonds. The van der Waals surface area contributed by atoms with Crippen LogP contribution in [0.25, 0.3) is 0 Å². The molecule has 1 aromatic rings. The molecular formula is C11H19IN2O3Si. The van der Waals surface area contributed by atoms with Crippen LogP contribution in [0.15, 0.2) is 6.20 Å². The maximum atomic E-state index is 11.3. The summed E-state index contributed by atoms with van der Waals surface area (Å²) >= 11 is 2.07. The summed E-state index contributed by atoms with van der Waals surface area (Å²) in [6, 6.07) is 1.13. The summed E-state index contributed by atoms with van der Waals surface area (Å²) < 4.78 is 12.8. The van der Waals surface area contributed by atoms with E-state index in [1.54, 1.807) is 10.8 Å². The first-order valence-corrected chi connectivity index (χ1v) is 10.5. The van der Waals surface area contributed by atoms with Crippen LogP contribution in [0.2, 0.25) is 25.7 Å². The fourth-order valence-electron chi connectivity index (χ4n) is 1.23. The van der Waals surface area contributed by atoms with E-state index in [1.807, 2.05) is 0 Å². The van der Waals surface area contributed by atoms with Crippen molar-refractivity contribution in [2.24, 2.45) is 0 Å². The van der Waals surface area contributed by atoms with Crippen LogP contribution >= 0.6 is 22.6 Å². The fraction of sp³-hybridized carbons (Fsp3) is 0.636. The second-order valence-corrected chi connectivity index (χ2v) is 11.8. The van der Waals surface area contributed by atoms with Crippen molar-refractivity contribution >= 4 is 36.6 Å². The van der Waals surface area contributed by atoms with Gasteiger partial charge in [-0.3, -0.25) is 0 Å². The molecule has 102 valence electrons. The SMILES string of the molecule is COC(=O)c1cn(COCC[Si](C)(C)C)c(I)n1. The number of methoxy groups -OCH3 is 1. The molecule has 0 aliphatic carbocycles. The maximum Gasteiger partial charge on any atom is 0.358 e. The third-order valence-corrected chi connectivity index (χ3v) is 4.91. The molecule has 0 aliphatic heterocycles. The lowest BCUT2D eigenvalue weighted by molar-refractivity contribution is 0.0593. The number of hydrogen-bond acceptors (Lipinski definition) is 4. The van der Waals surface area contributed by atoms with Gasteiger partial charge in [0.15, 0.2) is 9.53 Å². The fourth-order valence-corrected chi connectivity index (χ4v) is 2.52. The van der Waals surface area contributed by atoms with E-state index in [1.165, 1.54) is 7.11 Å². The lowest BCUT2D eigenvalue weighted by Gasteiger charge is -2.15. The van der Waals surface area contributed by atoms with E-state index >= 15 is 0 Å². The van der Waals surface area contributed by atoms with E-state index in [0.29, 0.717) is 12.4 Å². The summed E-state index contributed by atoms with van der Waals surface area (Å²) in [6.07, 6.45) is 1.65. The number of aromatic nitrogens is 2. The number of imidazole rings is 1. The molecule has 0 spiro atoms. The Morgan fingerprint density at radius 1 is 1.50 bits per heavy atom. The molecule has 0 aliphatic rings. The Morgan fingerprint density at radius 3 is 2.72 bits per heavy atom. The van der Waals surface area contributed by atoms with Crippen LogP contribution in [0.5, 0.6) is 0 Å². The van der Waals surface area contributed by atoms with Gasteiger partial charge in [-0.05, 0) is 6.04 Å². The highest BCUT2D eigenvalue weighted by molar-refractivity contribution is 14.1. The van der Waals surface area contributed by atoms with E-state index in [0.717, 1.165) is 16.5 Å². The van der Waals surface area contributed by atoms with Crippen LogP contribution < -0.4 is 0 Å². The predicted octanol–water partition coefficient (Wildman–Crippen LogP) is 2.59. The van der Waals surface area contributed by atoms with Gasteiger partial charge in [0.1, 0.15) is 6.73 Å². The second-order valence-electron chi connectivity index (χ2n) is 5.20. The van der Waals surface area contributed by atoms with Crippen molar-refractivity contribution in [3.8, 4) is 0 Å². The molecule has 18 heavy (non-hydrogen) atoms. The molecule has 0 unspecified atom stereocenters. The quantitative estimate of drug-likeness (QED) is 0.329. The molecule has 5 nitrogen and oxygen atoms in total. The maximum absolute atomic E-state index is 11.3. The minimum Gasteiger partial charge on any atom is -0.464 e. The van der Waals surface area contributed by atoms with Gasteiger partial charge in [-0.15, -0.1) is 0 Å². The Balaban J connectivity index is 2.48. The van der Waals surface area contributed by atoms with Gasteiger partial charge in [0.2, 0.25) is 0 Å². The first-order valence-electron chi connectivity index (χ1n) is 5.72. The normalized spacial score (nSPS) is 11.6. The highest BCUT2D eigenvalue weighted by Gasteiger charge is 2.14. The van der Waals surface area contributed by atoms with Crippen molar-refractivity contribution in [2.75, 3.05) is 13.7 Å². The van der Waals surface area contributed by atoms with Gasteiger partial charge in [0.05, 0.1) is 7.11 Å². The molecule has 0 radical (unpaired) electrons. The number of carbonyl (C=O) groups excluding carboxylic acids is 1. The minimum atomic E-state index is -1.05. The molecular weight excluding hydrogens is 363 g/mol. The number of esters is 1. The van der Waals surface area contributed by atoms with Crippen LogP contribution in [0.3, 0.4) is 0 Å². The molecule has 0 atom stereocenters. The Hall–Kier alpha value is -0.413. The largest absolute Gasteiger partial charge is 0.464 e. The van der Waals surface area contributed by atoms with Crippen molar-refractivity contribution in [3.63, 3.8) is 0 Å². The Kier molecular flexibility index (Phi) is 5.79. The van der Waals surface area contributed by atoms with E-state index in [9.17, 15) is 4.79 Å². The molecule has 0 saturated heterocycles. The molecule has 0 aromatic carbocycles. The van der Waals surface area contributed by atoms with Crippen LogP contribution in [0.4, 0.5) is 0 Å². The smallest absolute Gasteiger partial charge is 0.358 e. The van der Waals surface area contributed by atoms with E-state index in [4.69, 9.17) is 4.74 Å². The third-order valence-electron chi connectivity index (χ3n) is 2.35. The average Bonchev–Trinajstić information content (AvgIpc) is 2.64. The number of nitrogens with zero attached hydrogens (tertiary/aromatic N) is 2. The van der Waals surface area contributed by atoms with Gasteiger partial charge < -0.3 is 14.0 Å². The molecule has 1 aromatic heterocycles. The highest BCUT2D eigenvalue weighted by Crippen LogP contribution is 2.10. The topological polar surface area (TPSA) is 53.4 Å². The standard InChI is InChI=1S/C11H19IN2O3Si/c1-16-10(15)9-7-14(11(12)13-9)8-17-5-6-18(2,3)4/h7H,5-6,8H2,1-4H3. The van der Waals surface area contributed by atoms with Crippen molar-refractivity contribution < 1.29 is 14.3 Å². The molecule has 0 bridgehead atoms. The van der Waals surface area contributed by atoms with Crippen LogP contribution in [0.1, 0.15) is 10.5 Å². The monoisotopic (exact) mass is 382 g/mol. The Morgan fingerprint density at radius 2 is 2.17 bits per heavy atom. The van der Waals surface area contributed by atoms with Crippen molar-refractivity contribution in [3.05, 3.63) is 15.7 Å². The number of hydrogen-bond donors (Lipinski definition) is 0. The van der Waals surface area contributed by atoms with E-state index in [-0.39, 0.29) is 0 Å². The summed E-state index contributed by atoms with van der Waals surface area (Å²) in [6.45, 7) is 8.11. The number of rotatable bonds is 6. The summed E-state index contributed by atoms with van der Waals surface area (Å²) in [7, 11) is 0.293. The van der Waals surface area contributed by atoms with Crippen LogP contribution in [0, 0.1) is 3.83 Å². The van der Waals surface area contributed by atoms with Crippen molar-refractivity contribution in [1.29, 1.82) is 0 Å². The molecule has 1 rings (SSSR count). The van der Waals surface area contributed by atoms with E-state index < -0.39 is 14.0 Å². The van der Waals surface area contributed by atoms with E-state index in [2.05, 4.69) is 52.0 Å². The lowest BCUT2D eigenvalue weighted by atomic mass is 10.5. The summed E-state index contributed by atoms with van der Waals surface area (Å²) in [5.41, 5.74) is 0.315. The second kappa shape index (κ2) is 6.67. The summed E-state index contributed by atoms with van der Waals surface area (Å²) in [5, 5.41) is 0. The zero-order valence-corrected chi connectivity index (χ0v) is 14.4. The van der Waals surface area contributed by atoms with Crippen LogP contribution in [-0.4, -0.2) is 37.3 Å². The number of ether oxygens (including phenoxy) is 2. The first-order chi connectivity index (χ1) is 8.33. The average molecular weight is 382 g/mol. The van der Waals surface area contributed by atoms with Gasteiger partial charge >= 0.3 is 5.97 Å². The summed E-state index contributed by atoms with van der Waals surface area (Å²) in [4.78, 5) is 15.4. The molecule has 7 heteroatoms. The first kappa shape index (κ1) is 15.6. The summed E-state index contributed by atoms with van der Waals surface area (Å²) in [5.74, 6) is -0.422. The van der Waals surface area contributed by atoms with Gasteiger partial charge in [-0.1, -0.05) is 19.6 Å². The minimum absolute atomic E-state index is 0.315. The zero-order chi connectivity index (χ0) is 13.8. The lowest BCUT2D eigenvalue weighted by Crippen LogP contribution is -2.22.